The highest BCUT2D eigenvalue weighted by Gasteiger charge is 2.24. The van der Waals surface area contributed by atoms with Gasteiger partial charge in [0.05, 0.1) is 10.9 Å². The molecule has 3 rings (SSSR count). The summed E-state index contributed by atoms with van der Waals surface area (Å²) in [6.07, 6.45) is 7.08. The molecule has 0 fully saturated rings. The summed E-state index contributed by atoms with van der Waals surface area (Å²) in [5.74, 6) is -0.210. The van der Waals surface area contributed by atoms with E-state index in [0.29, 0.717) is 26.3 Å². The van der Waals surface area contributed by atoms with E-state index in [1.54, 1.807) is 4.57 Å². The number of aromatic hydroxyl groups is 1. The van der Waals surface area contributed by atoms with Crippen molar-refractivity contribution in [1.29, 1.82) is 0 Å². The molecule has 4 nitrogen and oxygen atoms in total. The predicted molar refractivity (Wildman–Crippen MR) is 103 cm³/mol. The van der Waals surface area contributed by atoms with Gasteiger partial charge in [0.2, 0.25) is 5.88 Å². The molecule has 0 aliphatic carbocycles. The van der Waals surface area contributed by atoms with E-state index in [1.807, 2.05) is 24.3 Å². The van der Waals surface area contributed by atoms with Gasteiger partial charge in [-0.15, -0.1) is 11.3 Å². The first kappa shape index (κ1) is 18.0. The summed E-state index contributed by atoms with van der Waals surface area (Å²) in [7, 11) is 0. The molecular weight excluding hydrogens is 352 g/mol. The number of benzene rings is 1. The van der Waals surface area contributed by atoms with E-state index < -0.39 is 0 Å². The van der Waals surface area contributed by atoms with Gasteiger partial charge in [-0.25, -0.2) is 4.99 Å². The number of fused-ring (bicyclic) bond motifs is 1. The van der Waals surface area contributed by atoms with Gasteiger partial charge in [-0.1, -0.05) is 57.2 Å². The van der Waals surface area contributed by atoms with Gasteiger partial charge in [0.1, 0.15) is 4.88 Å². The molecule has 1 N–H and O–H groups in total. The van der Waals surface area contributed by atoms with Crippen LogP contribution in [-0.2, 0) is 11.3 Å². The van der Waals surface area contributed by atoms with Crippen LogP contribution in [0.4, 0.5) is 0 Å². The van der Waals surface area contributed by atoms with E-state index in [-0.39, 0.29) is 11.8 Å². The highest BCUT2D eigenvalue weighted by Crippen LogP contribution is 2.32. The summed E-state index contributed by atoms with van der Waals surface area (Å²) in [5.41, 5.74) is 0.464. The lowest BCUT2D eigenvalue weighted by atomic mass is 10.1. The first-order valence-corrected chi connectivity index (χ1v) is 10.0. The van der Waals surface area contributed by atoms with Crippen LogP contribution in [0, 0.1) is 3.95 Å². The minimum atomic E-state index is -0.306. The van der Waals surface area contributed by atoms with Crippen molar-refractivity contribution in [2.75, 3.05) is 0 Å². The van der Waals surface area contributed by atoms with E-state index in [1.165, 1.54) is 37.0 Å². The van der Waals surface area contributed by atoms with E-state index in [9.17, 15) is 9.90 Å². The molecular formula is C19H22N2O2S2. The lowest BCUT2D eigenvalue weighted by molar-refractivity contribution is -0.112. The zero-order valence-corrected chi connectivity index (χ0v) is 16.0. The van der Waals surface area contributed by atoms with Crippen molar-refractivity contribution in [2.45, 2.75) is 52.0 Å². The van der Waals surface area contributed by atoms with Crippen LogP contribution in [0.15, 0.2) is 29.3 Å². The number of rotatable bonds is 8. The number of hydrogen-bond acceptors (Lipinski definition) is 4. The smallest absolute Gasteiger partial charge is 0.279 e. The molecule has 0 spiro atoms. The SMILES string of the molecule is CCCCCCCCn1c(O)c(C2=c3ccccc3=NC2=O)sc1=S. The third-order valence-electron chi connectivity index (χ3n) is 4.44. The first-order valence-electron chi connectivity index (χ1n) is 8.79. The Morgan fingerprint density at radius 1 is 1.16 bits per heavy atom. The molecule has 25 heavy (non-hydrogen) atoms. The van der Waals surface area contributed by atoms with Crippen molar-refractivity contribution in [3.05, 3.63) is 43.7 Å². The van der Waals surface area contributed by atoms with Gasteiger partial charge in [0.15, 0.2) is 3.95 Å². The summed E-state index contributed by atoms with van der Waals surface area (Å²) < 4.78 is 2.35. The lowest BCUT2D eigenvalue weighted by Gasteiger charge is -2.05. The van der Waals surface area contributed by atoms with E-state index >= 15 is 0 Å². The maximum atomic E-state index is 12.3. The molecule has 0 radical (unpaired) electrons. The number of hydrogen-bond donors (Lipinski definition) is 1. The molecule has 0 saturated carbocycles. The fourth-order valence-electron chi connectivity index (χ4n) is 3.09. The Hall–Kier alpha value is -1.79. The topological polar surface area (TPSA) is 54.6 Å². The number of amides is 1. The Morgan fingerprint density at radius 3 is 2.68 bits per heavy atom. The highest BCUT2D eigenvalue weighted by molar-refractivity contribution is 7.73. The van der Waals surface area contributed by atoms with Crippen LogP contribution in [0.25, 0.3) is 5.57 Å². The monoisotopic (exact) mass is 374 g/mol. The summed E-state index contributed by atoms with van der Waals surface area (Å²) in [4.78, 5) is 16.9. The molecule has 1 aliphatic heterocycles. The quantitative estimate of drug-likeness (QED) is 0.566. The van der Waals surface area contributed by atoms with Crippen LogP contribution < -0.4 is 10.6 Å². The van der Waals surface area contributed by atoms with Crippen molar-refractivity contribution in [1.82, 2.24) is 4.57 Å². The fraction of sp³-hybridized carbons (Fsp3) is 0.421. The highest BCUT2D eigenvalue weighted by atomic mass is 32.1. The molecule has 6 heteroatoms. The maximum Gasteiger partial charge on any atom is 0.279 e. The van der Waals surface area contributed by atoms with E-state index in [4.69, 9.17) is 12.2 Å². The van der Waals surface area contributed by atoms with Crippen molar-refractivity contribution in [3.63, 3.8) is 0 Å². The average Bonchev–Trinajstić information content (AvgIpc) is 3.07. The molecule has 0 bridgehead atoms. The third-order valence-corrected chi connectivity index (χ3v) is 5.90. The minimum Gasteiger partial charge on any atom is -0.493 e. The van der Waals surface area contributed by atoms with Gasteiger partial charge >= 0.3 is 0 Å². The molecule has 0 saturated heterocycles. The Bertz CT molecular complexity index is 957. The van der Waals surface area contributed by atoms with Crippen molar-refractivity contribution >= 4 is 35.0 Å². The molecule has 1 aromatic heterocycles. The van der Waals surface area contributed by atoms with Crippen LogP contribution in [0.2, 0.25) is 0 Å². The molecule has 1 amide bonds. The number of carbonyl (C=O) groups excluding carboxylic acids is 1. The lowest BCUT2D eigenvalue weighted by Crippen LogP contribution is -2.22. The Labute approximate surface area is 156 Å². The molecule has 1 aliphatic rings. The molecule has 2 aromatic rings. The Balaban J connectivity index is 1.83. The van der Waals surface area contributed by atoms with Gasteiger partial charge in [-0.2, -0.15) is 0 Å². The molecule has 0 unspecified atom stereocenters. The standard InChI is InChI=1S/C19H22N2O2S2/c1-2-3-4-5-6-9-12-21-18(23)16(25-19(21)24)15-13-10-7-8-11-14(13)20-17(15)22/h7-8,10-11,23H,2-6,9,12H2,1H3. The van der Waals surface area contributed by atoms with Crippen LogP contribution in [0.1, 0.15) is 50.3 Å². The zero-order valence-electron chi connectivity index (χ0n) is 14.3. The number of unbranched alkanes of at least 4 members (excludes halogenated alkanes) is 5. The largest absolute Gasteiger partial charge is 0.493 e. The number of para-hydroxylation sites is 1. The van der Waals surface area contributed by atoms with E-state index in [0.717, 1.165) is 18.1 Å². The normalized spacial score (nSPS) is 13.2. The van der Waals surface area contributed by atoms with Crippen LogP contribution in [0.5, 0.6) is 5.88 Å². The van der Waals surface area contributed by atoms with Gasteiger partial charge < -0.3 is 5.11 Å². The Kier molecular flexibility index (Phi) is 5.81. The zero-order chi connectivity index (χ0) is 17.8. The van der Waals surface area contributed by atoms with Gasteiger partial charge in [-0.05, 0) is 24.7 Å². The Morgan fingerprint density at radius 2 is 1.88 bits per heavy atom. The van der Waals surface area contributed by atoms with E-state index in [2.05, 4.69) is 11.9 Å². The second kappa shape index (κ2) is 8.06. The third kappa shape index (κ3) is 3.75. The van der Waals surface area contributed by atoms with Crippen LogP contribution in [-0.4, -0.2) is 15.6 Å². The van der Waals surface area contributed by atoms with Gasteiger partial charge in [0.25, 0.3) is 5.91 Å². The second-order valence-corrected chi connectivity index (χ2v) is 7.89. The predicted octanol–water partition coefficient (Wildman–Crippen LogP) is 3.70. The first-order chi connectivity index (χ1) is 12.1. The number of aromatic nitrogens is 1. The minimum absolute atomic E-state index is 0.0961. The van der Waals surface area contributed by atoms with Gasteiger partial charge in [-0.3, -0.25) is 9.36 Å². The summed E-state index contributed by atoms with van der Waals surface area (Å²) in [6, 6.07) is 7.39. The average molecular weight is 375 g/mol. The summed E-state index contributed by atoms with van der Waals surface area (Å²) in [5, 5.41) is 12.1. The molecule has 0 atom stereocenters. The maximum absolute atomic E-state index is 12.3. The summed E-state index contributed by atoms with van der Waals surface area (Å²) >= 11 is 6.71. The van der Waals surface area contributed by atoms with Crippen molar-refractivity contribution in [2.24, 2.45) is 4.99 Å². The fourth-order valence-corrected chi connectivity index (χ4v) is 4.48. The molecule has 1 aromatic carbocycles. The van der Waals surface area contributed by atoms with Crippen molar-refractivity contribution < 1.29 is 9.90 Å². The van der Waals surface area contributed by atoms with Crippen LogP contribution >= 0.6 is 23.6 Å². The number of nitrogens with zero attached hydrogens (tertiary/aromatic N) is 2. The van der Waals surface area contributed by atoms with Crippen LogP contribution in [0.3, 0.4) is 0 Å². The van der Waals surface area contributed by atoms with Crippen molar-refractivity contribution in [3.8, 4) is 5.88 Å². The van der Waals surface area contributed by atoms with Gasteiger partial charge in [0, 0.05) is 11.8 Å². The molecule has 132 valence electrons. The second-order valence-electron chi connectivity index (χ2n) is 6.25. The number of carbonyl (C=O) groups is 1. The molecule has 2 heterocycles. The number of thiazole rings is 1. The summed E-state index contributed by atoms with van der Waals surface area (Å²) in [6.45, 7) is 2.89.